The van der Waals surface area contributed by atoms with E-state index in [-0.39, 0.29) is 5.91 Å². The first-order valence-corrected chi connectivity index (χ1v) is 15.0. The molecule has 0 radical (unpaired) electrons. The number of nitrogens with one attached hydrogen (secondary N) is 3. The molecule has 9 heteroatoms. The Bertz CT molecular complexity index is 1600. The lowest BCUT2D eigenvalue weighted by Gasteiger charge is -2.39. The van der Waals surface area contributed by atoms with Crippen molar-refractivity contribution in [2.45, 2.75) is 49.6 Å². The number of aromatic nitrogens is 4. The number of morpholine rings is 1. The zero-order valence-corrected chi connectivity index (χ0v) is 24.0. The Kier molecular flexibility index (Phi) is 7.21. The van der Waals surface area contributed by atoms with Crippen LogP contribution in [0.4, 0.5) is 5.82 Å². The molecule has 4 aromatic rings. The number of carbonyl (C=O) groups excluding carboxylic acids is 1. The van der Waals surface area contributed by atoms with Gasteiger partial charge in [-0.1, -0.05) is 18.2 Å². The molecule has 1 aliphatic heterocycles. The highest BCUT2D eigenvalue weighted by Gasteiger charge is 2.38. The number of aromatic amines is 1. The van der Waals surface area contributed by atoms with Crippen molar-refractivity contribution in [1.82, 2.24) is 30.2 Å². The maximum Gasteiger partial charge on any atom is 0.251 e. The summed E-state index contributed by atoms with van der Waals surface area (Å²) in [4.78, 5) is 32.4. The van der Waals surface area contributed by atoms with Gasteiger partial charge in [0, 0.05) is 61.3 Å². The van der Waals surface area contributed by atoms with Crippen LogP contribution < -0.4 is 10.6 Å². The van der Waals surface area contributed by atoms with Gasteiger partial charge in [-0.25, -0.2) is 9.97 Å². The topological polar surface area (TPSA) is 108 Å². The van der Waals surface area contributed by atoms with Crippen molar-refractivity contribution in [3.63, 3.8) is 0 Å². The van der Waals surface area contributed by atoms with E-state index in [9.17, 15) is 4.79 Å². The Morgan fingerprint density at radius 2 is 1.86 bits per heavy atom. The molecule has 1 amide bonds. The lowest BCUT2D eigenvalue weighted by Crippen LogP contribution is -2.46. The van der Waals surface area contributed by atoms with E-state index in [1.807, 2.05) is 30.6 Å². The predicted octanol–water partition coefficient (Wildman–Crippen LogP) is 4.32. The fourth-order valence-electron chi connectivity index (χ4n) is 7.12. The van der Waals surface area contributed by atoms with Gasteiger partial charge in [0.15, 0.2) is 0 Å². The van der Waals surface area contributed by atoms with E-state index in [1.54, 1.807) is 13.4 Å². The monoisotopic (exact) mass is 563 g/mol. The number of hydrogen-bond acceptors (Lipinski definition) is 7. The first-order chi connectivity index (χ1) is 20.6. The number of benzene rings is 1. The molecule has 3 aromatic heterocycles. The molecule has 1 unspecified atom stereocenters. The molecule has 3 aliphatic rings. The van der Waals surface area contributed by atoms with Gasteiger partial charge in [0.25, 0.3) is 5.91 Å². The number of allylic oxidation sites excluding steroid dienone is 1. The van der Waals surface area contributed by atoms with E-state index < -0.39 is 5.41 Å². The Morgan fingerprint density at radius 1 is 1.05 bits per heavy atom. The number of fused-ring (bicyclic) bond motifs is 3. The third-order valence-corrected chi connectivity index (χ3v) is 9.38. The van der Waals surface area contributed by atoms with Crippen molar-refractivity contribution in [3.8, 4) is 0 Å². The van der Waals surface area contributed by atoms with Crippen molar-refractivity contribution in [2.75, 3.05) is 38.7 Å². The quantitative estimate of drug-likeness (QED) is 0.321. The summed E-state index contributed by atoms with van der Waals surface area (Å²) in [5.41, 5.74) is 5.40. The van der Waals surface area contributed by atoms with Crippen LogP contribution >= 0.6 is 0 Å². The number of H-pyrrole nitrogens is 1. The second-order valence-electron chi connectivity index (χ2n) is 11.6. The van der Waals surface area contributed by atoms with Crippen molar-refractivity contribution in [1.29, 1.82) is 0 Å². The van der Waals surface area contributed by atoms with Crippen LogP contribution in [0.25, 0.3) is 17.1 Å². The summed E-state index contributed by atoms with van der Waals surface area (Å²) in [6, 6.07) is 13.1. The minimum Gasteiger partial charge on any atom is -0.379 e. The molecule has 0 bridgehead atoms. The van der Waals surface area contributed by atoms with E-state index in [1.165, 1.54) is 18.4 Å². The summed E-state index contributed by atoms with van der Waals surface area (Å²) in [6.07, 6.45) is 15.0. The summed E-state index contributed by atoms with van der Waals surface area (Å²) < 4.78 is 5.56. The van der Waals surface area contributed by atoms with Gasteiger partial charge in [-0.2, -0.15) is 0 Å². The molecule has 9 nitrogen and oxygen atoms in total. The Morgan fingerprint density at radius 3 is 2.64 bits per heavy atom. The standard InChI is InChI=1S/C33H37N7O2/c1-34-32(41)22-3-2-4-24(19-22)33(23-10-13-35-14-11-23)12-9-28-27(20-33)29-30(36-21-37-31(29)39-28)38-25-5-7-26(8-6-25)40-15-17-42-18-16-40/h2-4,9-14,19,21,25-26H,5-8,15-18,20H2,1H3,(H,34,41)(H2,36,37,38,39). The second-order valence-corrected chi connectivity index (χ2v) is 11.6. The third kappa shape index (κ3) is 4.86. The summed E-state index contributed by atoms with van der Waals surface area (Å²) in [5.74, 6) is 0.794. The molecule has 1 aromatic carbocycles. The molecule has 42 heavy (non-hydrogen) atoms. The van der Waals surface area contributed by atoms with Gasteiger partial charge in [0.2, 0.25) is 0 Å². The Balaban J connectivity index is 1.22. The fourth-order valence-corrected chi connectivity index (χ4v) is 7.12. The van der Waals surface area contributed by atoms with E-state index in [0.29, 0.717) is 24.1 Å². The summed E-state index contributed by atoms with van der Waals surface area (Å²) in [6.45, 7) is 3.79. The first-order valence-electron chi connectivity index (χ1n) is 15.0. The van der Waals surface area contributed by atoms with Crippen LogP contribution in [0, 0.1) is 0 Å². The molecule has 1 saturated heterocycles. The molecular weight excluding hydrogens is 526 g/mol. The molecule has 2 aliphatic carbocycles. The lowest BCUT2D eigenvalue weighted by atomic mass is 9.68. The highest BCUT2D eigenvalue weighted by Crippen LogP contribution is 2.44. The molecule has 1 saturated carbocycles. The molecular formula is C33H37N7O2. The van der Waals surface area contributed by atoms with Gasteiger partial charge in [0.1, 0.15) is 17.8 Å². The molecule has 3 N–H and O–H groups in total. The number of pyridine rings is 1. The highest BCUT2D eigenvalue weighted by molar-refractivity contribution is 5.95. The fraction of sp³-hybridized carbons (Fsp3) is 0.394. The van der Waals surface area contributed by atoms with Gasteiger partial charge in [-0.15, -0.1) is 0 Å². The number of rotatable bonds is 6. The number of nitrogens with zero attached hydrogens (tertiary/aromatic N) is 4. The van der Waals surface area contributed by atoms with Crippen LogP contribution in [0.5, 0.6) is 0 Å². The smallest absolute Gasteiger partial charge is 0.251 e. The van der Waals surface area contributed by atoms with Gasteiger partial charge in [-0.05, 0) is 79.1 Å². The minimum atomic E-state index is -0.488. The van der Waals surface area contributed by atoms with E-state index in [0.717, 1.165) is 72.8 Å². The summed E-state index contributed by atoms with van der Waals surface area (Å²) in [7, 11) is 1.66. The van der Waals surface area contributed by atoms with Crippen molar-refractivity contribution in [2.24, 2.45) is 0 Å². The Labute approximate surface area is 245 Å². The lowest BCUT2D eigenvalue weighted by molar-refractivity contribution is 0.00791. The molecule has 4 heterocycles. The molecule has 2 fully saturated rings. The molecule has 216 valence electrons. The maximum absolute atomic E-state index is 12.6. The largest absolute Gasteiger partial charge is 0.379 e. The SMILES string of the molecule is CNC(=O)c1cccc(C2(c3ccncc3)C=Cc3[nH]c4ncnc(NC5CCC(N6CCOCC6)CC5)c4c3C2)c1. The second kappa shape index (κ2) is 11.3. The first kappa shape index (κ1) is 26.8. The Hall–Kier alpha value is -4.08. The van der Waals surface area contributed by atoms with E-state index in [4.69, 9.17) is 9.72 Å². The number of anilines is 1. The van der Waals surface area contributed by atoms with Crippen molar-refractivity contribution < 1.29 is 9.53 Å². The zero-order chi connectivity index (χ0) is 28.5. The number of carbonyl (C=O) groups is 1. The summed E-state index contributed by atoms with van der Waals surface area (Å²) in [5, 5.41) is 7.63. The predicted molar refractivity (Wildman–Crippen MR) is 164 cm³/mol. The van der Waals surface area contributed by atoms with E-state index >= 15 is 0 Å². The van der Waals surface area contributed by atoms with Crippen molar-refractivity contribution in [3.05, 3.63) is 89.1 Å². The molecule has 7 rings (SSSR count). The van der Waals surface area contributed by atoms with Crippen LogP contribution in [0.3, 0.4) is 0 Å². The number of hydrogen-bond donors (Lipinski definition) is 3. The van der Waals surface area contributed by atoms with Crippen molar-refractivity contribution >= 4 is 28.8 Å². The van der Waals surface area contributed by atoms with E-state index in [2.05, 4.69) is 60.8 Å². The van der Waals surface area contributed by atoms with Gasteiger partial charge < -0.3 is 20.4 Å². The minimum absolute atomic E-state index is 0.0995. The van der Waals surface area contributed by atoms with Crippen LogP contribution in [0.1, 0.15) is 58.4 Å². The number of amides is 1. The number of ether oxygens (including phenoxy) is 1. The van der Waals surface area contributed by atoms with Gasteiger partial charge >= 0.3 is 0 Å². The average molecular weight is 564 g/mol. The molecule has 0 spiro atoms. The van der Waals surface area contributed by atoms with Crippen LogP contribution in [0.15, 0.2) is 61.2 Å². The molecule has 1 atom stereocenters. The normalized spacial score (nSPS) is 24.3. The maximum atomic E-state index is 12.6. The van der Waals surface area contributed by atoms with Gasteiger partial charge in [0.05, 0.1) is 18.6 Å². The van der Waals surface area contributed by atoms with Gasteiger partial charge in [-0.3, -0.25) is 14.7 Å². The van der Waals surface area contributed by atoms with Crippen LogP contribution in [-0.4, -0.2) is 76.2 Å². The third-order valence-electron chi connectivity index (χ3n) is 9.38. The zero-order valence-electron chi connectivity index (χ0n) is 24.0. The van der Waals surface area contributed by atoms with Crippen LogP contribution in [-0.2, 0) is 16.6 Å². The average Bonchev–Trinajstić information content (AvgIpc) is 3.44. The summed E-state index contributed by atoms with van der Waals surface area (Å²) >= 11 is 0. The van der Waals surface area contributed by atoms with Crippen LogP contribution in [0.2, 0.25) is 0 Å². The highest BCUT2D eigenvalue weighted by atomic mass is 16.5.